The summed E-state index contributed by atoms with van der Waals surface area (Å²) in [6.07, 6.45) is 2.02. The van der Waals surface area contributed by atoms with Gasteiger partial charge < -0.3 is 0 Å². The molecule has 0 spiro atoms. The first kappa shape index (κ1) is 11.3. The second kappa shape index (κ2) is 4.46. The van der Waals surface area contributed by atoms with Crippen LogP contribution in [0.15, 0.2) is 47.6 Å². The fourth-order valence-electron chi connectivity index (χ4n) is 2.16. The van der Waals surface area contributed by atoms with Crippen LogP contribution < -0.4 is 0 Å². The normalized spacial score (nSPS) is 11.0. The minimum atomic E-state index is 0.913. The second-order valence-corrected chi connectivity index (χ2v) is 4.84. The number of hydrogen-bond acceptors (Lipinski definition) is 3. The highest BCUT2D eigenvalue weighted by Crippen LogP contribution is 2.26. The van der Waals surface area contributed by atoms with Crippen molar-refractivity contribution in [3.05, 3.63) is 48.3 Å². The van der Waals surface area contributed by atoms with Crippen molar-refractivity contribution in [1.29, 1.82) is 0 Å². The summed E-state index contributed by atoms with van der Waals surface area (Å²) >= 11 is 1.61. The monoisotopic (exact) mass is 255 g/mol. The van der Waals surface area contributed by atoms with Crippen LogP contribution in [0.4, 0.5) is 0 Å². The SMILES string of the molecule is CSc1nnc(C)n1-c1cccc2ccccc12. The van der Waals surface area contributed by atoms with Gasteiger partial charge in [-0.05, 0) is 24.6 Å². The lowest BCUT2D eigenvalue weighted by molar-refractivity contribution is 0.877. The zero-order chi connectivity index (χ0) is 12.5. The van der Waals surface area contributed by atoms with Gasteiger partial charge in [-0.3, -0.25) is 4.57 Å². The maximum Gasteiger partial charge on any atom is 0.195 e. The number of nitrogens with zero attached hydrogens (tertiary/aromatic N) is 3. The fourth-order valence-corrected chi connectivity index (χ4v) is 2.69. The highest BCUT2D eigenvalue weighted by atomic mass is 32.2. The molecule has 0 unspecified atom stereocenters. The van der Waals surface area contributed by atoms with Crippen molar-refractivity contribution in [3.8, 4) is 5.69 Å². The van der Waals surface area contributed by atoms with Crippen LogP contribution in [0.5, 0.6) is 0 Å². The number of fused-ring (bicyclic) bond motifs is 1. The van der Waals surface area contributed by atoms with Gasteiger partial charge in [-0.1, -0.05) is 48.2 Å². The number of aryl methyl sites for hydroxylation is 1. The summed E-state index contributed by atoms with van der Waals surface area (Å²) < 4.78 is 2.10. The van der Waals surface area contributed by atoms with Gasteiger partial charge in [-0.25, -0.2) is 0 Å². The smallest absolute Gasteiger partial charge is 0.195 e. The molecule has 0 N–H and O–H groups in total. The third kappa shape index (κ3) is 1.69. The number of rotatable bonds is 2. The molecule has 1 heterocycles. The maximum absolute atomic E-state index is 4.19. The summed E-state index contributed by atoms with van der Waals surface area (Å²) in [5.41, 5.74) is 1.14. The standard InChI is InChI=1S/C14H13N3S/c1-10-15-16-14(18-2)17(10)13-9-5-7-11-6-3-4-8-12(11)13/h3-9H,1-2H3. The van der Waals surface area contributed by atoms with Crippen LogP contribution in [-0.4, -0.2) is 21.0 Å². The lowest BCUT2D eigenvalue weighted by Crippen LogP contribution is -1.99. The highest BCUT2D eigenvalue weighted by molar-refractivity contribution is 7.98. The fraction of sp³-hybridized carbons (Fsp3) is 0.143. The van der Waals surface area contributed by atoms with Crippen molar-refractivity contribution in [2.45, 2.75) is 12.1 Å². The molecule has 2 aromatic carbocycles. The Hall–Kier alpha value is -1.81. The molecule has 90 valence electrons. The van der Waals surface area contributed by atoms with Crippen LogP contribution in [0, 0.1) is 6.92 Å². The van der Waals surface area contributed by atoms with Gasteiger partial charge in [0.25, 0.3) is 0 Å². The highest BCUT2D eigenvalue weighted by Gasteiger charge is 2.11. The Morgan fingerprint density at radius 2 is 1.78 bits per heavy atom. The topological polar surface area (TPSA) is 30.7 Å². The van der Waals surface area contributed by atoms with Crippen molar-refractivity contribution < 1.29 is 0 Å². The predicted molar refractivity (Wildman–Crippen MR) is 75.4 cm³/mol. The molecule has 0 fully saturated rings. The van der Waals surface area contributed by atoms with Crippen molar-refractivity contribution in [3.63, 3.8) is 0 Å². The molecular formula is C14H13N3S. The van der Waals surface area contributed by atoms with E-state index in [2.05, 4.69) is 57.2 Å². The van der Waals surface area contributed by atoms with Crippen LogP contribution >= 0.6 is 11.8 Å². The maximum atomic E-state index is 4.19. The predicted octanol–water partition coefficient (Wildman–Crippen LogP) is 3.45. The molecule has 3 rings (SSSR count). The van der Waals surface area contributed by atoms with E-state index in [1.807, 2.05) is 13.2 Å². The minimum absolute atomic E-state index is 0.913. The molecule has 1 aromatic heterocycles. The van der Waals surface area contributed by atoms with Gasteiger partial charge in [0.1, 0.15) is 5.82 Å². The van der Waals surface area contributed by atoms with E-state index in [9.17, 15) is 0 Å². The summed E-state index contributed by atoms with van der Waals surface area (Å²) in [5.74, 6) is 0.913. The summed E-state index contributed by atoms with van der Waals surface area (Å²) in [6, 6.07) is 14.7. The first-order valence-electron chi connectivity index (χ1n) is 5.75. The quantitative estimate of drug-likeness (QED) is 0.657. The zero-order valence-corrected chi connectivity index (χ0v) is 11.1. The number of hydrogen-bond donors (Lipinski definition) is 0. The van der Waals surface area contributed by atoms with E-state index < -0.39 is 0 Å². The van der Waals surface area contributed by atoms with Crippen LogP contribution in [-0.2, 0) is 0 Å². The van der Waals surface area contributed by atoms with E-state index in [-0.39, 0.29) is 0 Å². The molecule has 0 bridgehead atoms. The van der Waals surface area contributed by atoms with Crippen LogP contribution in [0.25, 0.3) is 16.5 Å². The third-order valence-electron chi connectivity index (χ3n) is 2.99. The second-order valence-electron chi connectivity index (χ2n) is 4.07. The van der Waals surface area contributed by atoms with Crippen molar-refractivity contribution >= 4 is 22.5 Å². The van der Waals surface area contributed by atoms with Crippen LogP contribution in [0.2, 0.25) is 0 Å². The van der Waals surface area contributed by atoms with Crippen molar-refractivity contribution in [2.24, 2.45) is 0 Å². The molecule has 3 aromatic rings. The van der Waals surface area contributed by atoms with Gasteiger partial charge in [0, 0.05) is 5.39 Å². The van der Waals surface area contributed by atoms with E-state index in [0.717, 1.165) is 16.7 Å². The lowest BCUT2D eigenvalue weighted by atomic mass is 10.1. The first-order valence-corrected chi connectivity index (χ1v) is 6.98. The molecule has 0 aliphatic rings. The van der Waals surface area contributed by atoms with Crippen LogP contribution in [0.3, 0.4) is 0 Å². The molecular weight excluding hydrogens is 242 g/mol. The first-order chi connectivity index (χ1) is 8.81. The molecule has 18 heavy (non-hydrogen) atoms. The summed E-state index contributed by atoms with van der Waals surface area (Å²) in [5, 5.41) is 11.7. The van der Waals surface area contributed by atoms with E-state index >= 15 is 0 Å². The molecule has 0 aliphatic heterocycles. The molecule has 0 saturated heterocycles. The van der Waals surface area contributed by atoms with E-state index in [0.29, 0.717) is 0 Å². The molecule has 0 saturated carbocycles. The Balaban J connectivity index is 2.35. The van der Waals surface area contributed by atoms with Gasteiger partial charge >= 0.3 is 0 Å². The van der Waals surface area contributed by atoms with E-state index in [4.69, 9.17) is 0 Å². The Kier molecular flexibility index (Phi) is 2.80. The third-order valence-corrected chi connectivity index (χ3v) is 3.61. The lowest BCUT2D eigenvalue weighted by Gasteiger charge is -2.10. The van der Waals surface area contributed by atoms with Gasteiger partial charge in [-0.2, -0.15) is 0 Å². The van der Waals surface area contributed by atoms with Gasteiger partial charge in [0.05, 0.1) is 5.69 Å². The molecule has 0 radical (unpaired) electrons. The van der Waals surface area contributed by atoms with Gasteiger partial charge in [0.15, 0.2) is 5.16 Å². The van der Waals surface area contributed by atoms with Crippen molar-refractivity contribution in [2.75, 3.05) is 6.26 Å². The zero-order valence-electron chi connectivity index (χ0n) is 10.3. The molecule has 3 nitrogen and oxygen atoms in total. The Labute approximate surface area is 110 Å². The molecule has 0 aliphatic carbocycles. The van der Waals surface area contributed by atoms with Gasteiger partial charge in [0.2, 0.25) is 0 Å². The molecule has 0 amide bonds. The van der Waals surface area contributed by atoms with E-state index in [1.54, 1.807) is 11.8 Å². The molecule has 4 heteroatoms. The van der Waals surface area contributed by atoms with Gasteiger partial charge in [-0.15, -0.1) is 10.2 Å². The van der Waals surface area contributed by atoms with E-state index in [1.165, 1.54) is 10.8 Å². The largest absolute Gasteiger partial charge is 0.274 e. The number of benzene rings is 2. The van der Waals surface area contributed by atoms with Crippen molar-refractivity contribution in [1.82, 2.24) is 14.8 Å². The number of aromatic nitrogens is 3. The summed E-state index contributed by atoms with van der Waals surface area (Å²) in [4.78, 5) is 0. The Morgan fingerprint density at radius 3 is 2.61 bits per heavy atom. The summed E-state index contributed by atoms with van der Waals surface area (Å²) in [6.45, 7) is 1.98. The molecule has 0 atom stereocenters. The Morgan fingerprint density at radius 1 is 1.00 bits per heavy atom. The summed E-state index contributed by atoms with van der Waals surface area (Å²) in [7, 11) is 0. The van der Waals surface area contributed by atoms with Crippen LogP contribution in [0.1, 0.15) is 5.82 Å². The average Bonchev–Trinajstić information content (AvgIpc) is 2.79. The number of thioether (sulfide) groups is 1. The Bertz CT molecular complexity index is 698. The average molecular weight is 255 g/mol. The minimum Gasteiger partial charge on any atom is -0.274 e.